The molecule has 1 amide bonds. The van der Waals surface area contributed by atoms with Crippen LogP contribution in [0.25, 0.3) is 10.9 Å². The molecule has 1 atom stereocenters. The third kappa shape index (κ3) is 2.83. The van der Waals surface area contributed by atoms with Gasteiger partial charge in [-0.1, -0.05) is 12.1 Å². The van der Waals surface area contributed by atoms with Crippen molar-refractivity contribution in [3.63, 3.8) is 0 Å². The molecule has 104 valence electrons. The average Bonchev–Trinajstić information content (AvgIpc) is 2.80. The summed E-state index contributed by atoms with van der Waals surface area (Å²) < 4.78 is 0. The summed E-state index contributed by atoms with van der Waals surface area (Å²) in [6.07, 6.45) is 2.61. The monoisotopic (exact) mass is 269 g/mol. The molecule has 1 aromatic heterocycles. The van der Waals surface area contributed by atoms with Gasteiger partial charge in [-0.2, -0.15) is 5.26 Å². The Morgan fingerprint density at radius 1 is 1.50 bits per heavy atom. The van der Waals surface area contributed by atoms with Gasteiger partial charge in [-0.25, -0.2) is 0 Å². The van der Waals surface area contributed by atoms with E-state index in [2.05, 4.69) is 17.1 Å². The van der Waals surface area contributed by atoms with Gasteiger partial charge in [0.25, 0.3) is 0 Å². The standard InChI is InChI=1S/C16H19N3O/c1-11-4-5-14-13(10-18-15(14)8-11)9-16(20)19(3)12(2)6-7-17/h4-5,8,10,12,18H,6,9H2,1-3H3/t12-/m0/s1. The first kappa shape index (κ1) is 14.1. The smallest absolute Gasteiger partial charge is 0.227 e. The van der Waals surface area contributed by atoms with Crippen molar-refractivity contribution in [3.8, 4) is 6.07 Å². The molecule has 0 fully saturated rings. The van der Waals surface area contributed by atoms with E-state index in [0.29, 0.717) is 12.8 Å². The van der Waals surface area contributed by atoms with Crippen molar-refractivity contribution in [1.82, 2.24) is 9.88 Å². The van der Waals surface area contributed by atoms with Crippen LogP contribution >= 0.6 is 0 Å². The third-order valence-electron chi connectivity index (χ3n) is 3.71. The van der Waals surface area contributed by atoms with E-state index in [-0.39, 0.29) is 11.9 Å². The number of nitrogens with zero attached hydrogens (tertiary/aromatic N) is 2. The Labute approximate surface area is 119 Å². The van der Waals surface area contributed by atoms with Crippen molar-refractivity contribution in [1.29, 1.82) is 5.26 Å². The normalized spacial score (nSPS) is 12.1. The minimum atomic E-state index is -0.0556. The Morgan fingerprint density at radius 3 is 2.95 bits per heavy atom. The summed E-state index contributed by atoms with van der Waals surface area (Å²) in [6, 6.07) is 8.21. The number of amides is 1. The van der Waals surface area contributed by atoms with Crippen molar-refractivity contribution in [2.45, 2.75) is 32.7 Å². The number of hydrogen-bond acceptors (Lipinski definition) is 2. The molecular weight excluding hydrogens is 250 g/mol. The predicted octanol–water partition coefficient (Wildman–Crippen LogP) is 2.78. The largest absolute Gasteiger partial charge is 0.361 e. The molecule has 1 aromatic carbocycles. The van der Waals surface area contributed by atoms with E-state index in [1.807, 2.05) is 32.2 Å². The molecule has 1 N–H and O–H groups in total. The maximum absolute atomic E-state index is 12.2. The minimum absolute atomic E-state index is 0.0363. The molecule has 4 heteroatoms. The molecule has 0 radical (unpaired) electrons. The molecule has 0 aliphatic heterocycles. The van der Waals surface area contributed by atoms with Crippen LogP contribution in [0.2, 0.25) is 0 Å². The van der Waals surface area contributed by atoms with Gasteiger partial charge in [-0.3, -0.25) is 4.79 Å². The topological polar surface area (TPSA) is 59.9 Å². The molecule has 0 spiro atoms. The lowest BCUT2D eigenvalue weighted by atomic mass is 10.1. The van der Waals surface area contributed by atoms with E-state index in [1.54, 1.807) is 11.9 Å². The van der Waals surface area contributed by atoms with E-state index in [9.17, 15) is 4.79 Å². The molecule has 0 aliphatic carbocycles. The molecular formula is C16H19N3O. The van der Waals surface area contributed by atoms with E-state index in [1.165, 1.54) is 5.56 Å². The number of carbonyl (C=O) groups excluding carboxylic acids is 1. The zero-order valence-electron chi connectivity index (χ0n) is 12.1. The van der Waals surface area contributed by atoms with E-state index in [0.717, 1.165) is 16.5 Å². The summed E-state index contributed by atoms with van der Waals surface area (Å²) >= 11 is 0. The average molecular weight is 269 g/mol. The Morgan fingerprint density at radius 2 is 2.25 bits per heavy atom. The van der Waals surface area contributed by atoms with Gasteiger partial charge in [0.2, 0.25) is 5.91 Å². The van der Waals surface area contributed by atoms with Gasteiger partial charge in [-0.15, -0.1) is 0 Å². The van der Waals surface area contributed by atoms with Crippen molar-refractivity contribution in [2.24, 2.45) is 0 Å². The number of aryl methyl sites for hydroxylation is 1. The molecule has 4 nitrogen and oxygen atoms in total. The highest BCUT2D eigenvalue weighted by Crippen LogP contribution is 2.20. The highest BCUT2D eigenvalue weighted by atomic mass is 16.2. The van der Waals surface area contributed by atoms with Crippen molar-refractivity contribution < 1.29 is 4.79 Å². The van der Waals surface area contributed by atoms with Gasteiger partial charge in [0.05, 0.1) is 18.9 Å². The van der Waals surface area contributed by atoms with Crippen molar-refractivity contribution in [3.05, 3.63) is 35.5 Å². The fourth-order valence-electron chi connectivity index (χ4n) is 2.25. The second-order valence-electron chi connectivity index (χ2n) is 5.26. The number of carbonyl (C=O) groups is 1. The summed E-state index contributed by atoms with van der Waals surface area (Å²) in [6.45, 7) is 3.93. The fraction of sp³-hybridized carbons (Fsp3) is 0.375. The molecule has 0 saturated heterocycles. The quantitative estimate of drug-likeness (QED) is 0.927. The van der Waals surface area contributed by atoms with Gasteiger partial charge < -0.3 is 9.88 Å². The summed E-state index contributed by atoms with van der Waals surface area (Å²) in [5.41, 5.74) is 3.25. The van der Waals surface area contributed by atoms with Crippen LogP contribution in [-0.4, -0.2) is 28.9 Å². The Bertz CT molecular complexity index is 666. The van der Waals surface area contributed by atoms with Gasteiger partial charge in [-0.05, 0) is 31.0 Å². The first-order chi connectivity index (χ1) is 9.52. The number of nitrogens with one attached hydrogen (secondary N) is 1. The van der Waals surface area contributed by atoms with Crippen LogP contribution in [0.15, 0.2) is 24.4 Å². The van der Waals surface area contributed by atoms with Crippen molar-refractivity contribution >= 4 is 16.8 Å². The van der Waals surface area contributed by atoms with Gasteiger partial charge in [0, 0.05) is 30.2 Å². The van der Waals surface area contributed by atoms with Crippen LogP contribution in [0.3, 0.4) is 0 Å². The highest BCUT2D eigenvalue weighted by Gasteiger charge is 2.17. The zero-order valence-corrected chi connectivity index (χ0v) is 12.1. The molecule has 2 aromatic rings. The lowest BCUT2D eigenvalue weighted by Gasteiger charge is -2.22. The highest BCUT2D eigenvalue weighted by molar-refractivity contribution is 5.89. The maximum Gasteiger partial charge on any atom is 0.227 e. The van der Waals surface area contributed by atoms with Crippen LogP contribution in [0.5, 0.6) is 0 Å². The number of rotatable bonds is 4. The number of nitriles is 1. The Balaban J connectivity index is 2.16. The minimum Gasteiger partial charge on any atom is -0.361 e. The Hall–Kier alpha value is -2.28. The van der Waals surface area contributed by atoms with Crippen LogP contribution in [-0.2, 0) is 11.2 Å². The lowest BCUT2D eigenvalue weighted by molar-refractivity contribution is -0.130. The SMILES string of the molecule is Cc1ccc2c(CC(=O)N(C)[C@@H](C)CC#N)c[nH]c2c1. The van der Waals surface area contributed by atoms with E-state index < -0.39 is 0 Å². The summed E-state index contributed by atoms with van der Waals surface area (Å²) in [5.74, 6) is 0.0363. The van der Waals surface area contributed by atoms with Gasteiger partial charge in [0.1, 0.15) is 0 Å². The summed E-state index contributed by atoms with van der Waals surface area (Å²) in [4.78, 5) is 17.1. The lowest BCUT2D eigenvalue weighted by Crippen LogP contribution is -2.35. The molecule has 0 bridgehead atoms. The van der Waals surface area contributed by atoms with Crippen LogP contribution in [0.1, 0.15) is 24.5 Å². The number of benzene rings is 1. The predicted molar refractivity (Wildman–Crippen MR) is 79.2 cm³/mol. The molecule has 0 aliphatic rings. The molecule has 0 unspecified atom stereocenters. The number of H-pyrrole nitrogens is 1. The first-order valence-electron chi connectivity index (χ1n) is 6.72. The second-order valence-corrected chi connectivity index (χ2v) is 5.26. The molecule has 2 rings (SSSR count). The van der Waals surface area contributed by atoms with E-state index in [4.69, 9.17) is 5.26 Å². The summed E-state index contributed by atoms with van der Waals surface area (Å²) in [5, 5.41) is 9.79. The second kappa shape index (κ2) is 5.79. The number of hydrogen-bond donors (Lipinski definition) is 1. The molecule has 1 heterocycles. The Kier molecular flexibility index (Phi) is 4.09. The van der Waals surface area contributed by atoms with E-state index >= 15 is 0 Å². The number of likely N-dealkylation sites (N-methyl/N-ethyl adjacent to an activating group) is 1. The molecule has 0 saturated carbocycles. The first-order valence-corrected chi connectivity index (χ1v) is 6.72. The number of fused-ring (bicyclic) bond motifs is 1. The van der Waals surface area contributed by atoms with Crippen LogP contribution < -0.4 is 0 Å². The maximum atomic E-state index is 12.2. The number of aromatic nitrogens is 1. The summed E-state index contributed by atoms with van der Waals surface area (Å²) in [7, 11) is 1.75. The van der Waals surface area contributed by atoms with Crippen molar-refractivity contribution in [2.75, 3.05) is 7.05 Å². The molecule has 20 heavy (non-hydrogen) atoms. The third-order valence-corrected chi connectivity index (χ3v) is 3.71. The van der Waals surface area contributed by atoms with Crippen LogP contribution in [0.4, 0.5) is 0 Å². The number of aromatic amines is 1. The fourth-order valence-corrected chi connectivity index (χ4v) is 2.25. The van der Waals surface area contributed by atoms with Gasteiger partial charge in [0.15, 0.2) is 0 Å². The van der Waals surface area contributed by atoms with Crippen LogP contribution in [0, 0.1) is 18.3 Å². The zero-order chi connectivity index (χ0) is 14.7. The van der Waals surface area contributed by atoms with Gasteiger partial charge >= 0.3 is 0 Å².